The fourth-order valence-corrected chi connectivity index (χ4v) is 3.72. The van der Waals surface area contributed by atoms with E-state index in [9.17, 15) is 4.79 Å². The monoisotopic (exact) mass is 373 g/mol. The maximum Gasteiger partial charge on any atom is 0.252 e. The molecule has 3 N–H and O–H groups in total. The summed E-state index contributed by atoms with van der Waals surface area (Å²) in [6.07, 6.45) is 1.20. The Balaban J connectivity index is 1.50. The van der Waals surface area contributed by atoms with Crippen molar-refractivity contribution >= 4 is 22.4 Å². The van der Waals surface area contributed by atoms with Crippen LogP contribution >= 0.6 is 0 Å². The van der Waals surface area contributed by atoms with Crippen molar-refractivity contribution in [3.8, 4) is 0 Å². The van der Waals surface area contributed by atoms with E-state index in [1.165, 1.54) is 17.2 Å². The first-order valence-corrected chi connectivity index (χ1v) is 9.98. The minimum absolute atomic E-state index is 0.0386. The zero-order chi connectivity index (χ0) is 19.5. The van der Waals surface area contributed by atoms with Gasteiger partial charge in [0.25, 0.3) is 5.91 Å². The number of hydrogen-bond donors (Lipinski definition) is 3. The van der Waals surface area contributed by atoms with Crippen molar-refractivity contribution in [2.45, 2.75) is 32.4 Å². The number of rotatable bonds is 6. The molecule has 144 valence electrons. The molecule has 1 saturated heterocycles. The van der Waals surface area contributed by atoms with Crippen molar-refractivity contribution in [3.63, 3.8) is 0 Å². The lowest BCUT2D eigenvalue weighted by Gasteiger charge is -2.28. The van der Waals surface area contributed by atoms with Gasteiger partial charge >= 0.3 is 0 Å². The lowest BCUT2D eigenvalue weighted by molar-refractivity contribution is 0.0939. The summed E-state index contributed by atoms with van der Waals surface area (Å²) in [6, 6.07) is 21.0. The molecule has 4 rings (SSSR count). The van der Waals surface area contributed by atoms with Crippen LogP contribution in [0.4, 0.5) is 5.69 Å². The first kappa shape index (κ1) is 18.5. The van der Waals surface area contributed by atoms with Crippen molar-refractivity contribution in [3.05, 3.63) is 77.4 Å². The Bertz CT molecular complexity index is 989. The molecule has 0 spiro atoms. The third-order valence-electron chi connectivity index (χ3n) is 5.60. The van der Waals surface area contributed by atoms with E-state index in [2.05, 4.69) is 40.2 Å². The van der Waals surface area contributed by atoms with Crippen molar-refractivity contribution < 1.29 is 4.79 Å². The van der Waals surface area contributed by atoms with E-state index < -0.39 is 0 Å². The van der Waals surface area contributed by atoms with Crippen LogP contribution in [-0.2, 0) is 0 Å². The highest BCUT2D eigenvalue weighted by Crippen LogP contribution is 2.25. The van der Waals surface area contributed by atoms with Crippen molar-refractivity contribution in [2.24, 2.45) is 0 Å². The minimum Gasteiger partial charge on any atom is -0.383 e. The molecule has 4 nitrogen and oxygen atoms in total. The maximum atomic E-state index is 13.0. The quantitative estimate of drug-likeness (QED) is 0.600. The summed E-state index contributed by atoms with van der Waals surface area (Å²) in [5.74, 6) is -0.0386. The summed E-state index contributed by atoms with van der Waals surface area (Å²) >= 11 is 0. The molecule has 4 heteroatoms. The van der Waals surface area contributed by atoms with E-state index in [-0.39, 0.29) is 11.9 Å². The van der Waals surface area contributed by atoms with Crippen molar-refractivity contribution in [2.75, 3.05) is 18.4 Å². The molecule has 0 aliphatic carbocycles. The molecule has 0 aromatic heterocycles. The number of benzene rings is 3. The smallest absolute Gasteiger partial charge is 0.252 e. The van der Waals surface area contributed by atoms with Gasteiger partial charge in [0.15, 0.2) is 0 Å². The average molecular weight is 374 g/mol. The molecule has 3 aromatic rings. The topological polar surface area (TPSA) is 53.2 Å². The van der Waals surface area contributed by atoms with Crippen molar-refractivity contribution in [1.82, 2.24) is 10.6 Å². The van der Waals surface area contributed by atoms with Crippen LogP contribution in [0.1, 0.15) is 40.9 Å². The molecule has 0 radical (unpaired) electrons. The molecule has 0 saturated carbocycles. The number of anilines is 1. The predicted octanol–water partition coefficient (Wildman–Crippen LogP) is 4.41. The number of fused-ring (bicyclic) bond motifs is 1. The number of carbonyl (C=O) groups excluding carboxylic acids is 1. The Kier molecular flexibility index (Phi) is 5.31. The van der Waals surface area contributed by atoms with Crippen LogP contribution < -0.4 is 16.0 Å². The fraction of sp³-hybridized carbons (Fsp3) is 0.292. The summed E-state index contributed by atoms with van der Waals surface area (Å²) in [7, 11) is 0. The Morgan fingerprint density at radius 1 is 1.14 bits per heavy atom. The SMILES string of the molecule is Cc1ccc(NCC2CCN2)cc1C(=O)N[C@H](C)c1cccc2ccccc12. The van der Waals surface area contributed by atoms with Crippen LogP contribution in [0.25, 0.3) is 10.8 Å². The second kappa shape index (κ2) is 8.03. The largest absolute Gasteiger partial charge is 0.383 e. The normalized spacial score (nSPS) is 17.0. The summed E-state index contributed by atoms with van der Waals surface area (Å²) in [4.78, 5) is 13.0. The molecule has 0 bridgehead atoms. The second-order valence-corrected chi connectivity index (χ2v) is 7.61. The lowest BCUT2D eigenvalue weighted by atomic mass is 9.99. The van der Waals surface area contributed by atoms with Gasteiger partial charge in [0.1, 0.15) is 0 Å². The lowest BCUT2D eigenvalue weighted by Crippen LogP contribution is -2.47. The van der Waals surface area contributed by atoms with Crippen LogP contribution in [0.15, 0.2) is 60.7 Å². The van der Waals surface area contributed by atoms with Gasteiger partial charge in [-0.2, -0.15) is 0 Å². The molecule has 1 aliphatic heterocycles. The molecule has 1 unspecified atom stereocenters. The van der Waals surface area contributed by atoms with E-state index in [1.807, 2.05) is 50.2 Å². The maximum absolute atomic E-state index is 13.0. The third-order valence-corrected chi connectivity index (χ3v) is 5.60. The van der Waals surface area contributed by atoms with Gasteiger partial charge in [-0.25, -0.2) is 0 Å². The van der Waals surface area contributed by atoms with Gasteiger partial charge in [-0.15, -0.1) is 0 Å². The van der Waals surface area contributed by atoms with Gasteiger partial charge < -0.3 is 16.0 Å². The summed E-state index contributed by atoms with van der Waals surface area (Å²) in [6.45, 7) is 6.00. The van der Waals surface area contributed by atoms with Crippen LogP contribution in [0.5, 0.6) is 0 Å². The number of nitrogens with one attached hydrogen (secondary N) is 3. The van der Waals surface area contributed by atoms with Crippen LogP contribution in [0, 0.1) is 6.92 Å². The van der Waals surface area contributed by atoms with Crippen LogP contribution in [0.2, 0.25) is 0 Å². The Morgan fingerprint density at radius 2 is 1.93 bits per heavy atom. The predicted molar refractivity (Wildman–Crippen MR) is 116 cm³/mol. The molecule has 1 heterocycles. The van der Waals surface area contributed by atoms with E-state index in [4.69, 9.17) is 0 Å². The van der Waals surface area contributed by atoms with E-state index in [0.29, 0.717) is 6.04 Å². The van der Waals surface area contributed by atoms with E-state index >= 15 is 0 Å². The van der Waals surface area contributed by atoms with Gasteiger partial charge in [0, 0.05) is 23.8 Å². The van der Waals surface area contributed by atoms with E-state index in [0.717, 1.165) is 35.5 Å². The minimum atomic E-state index is -0.0752. The Morgan fingerprint density at radius 3 is 2.71 bits per heavy atom. The zero-order valence-corrected chi connectivity index (χ0v) is 16.5. The van der Waals surface area contributed by atoms with Gasteiger partial charge in [-0.3, -0.25) is 4.79 Å². The molecular weight excluding hydrogens is 346 g/mol. The highest BCUT2D eigenvalue weighted by molar-refractivity contribution is 5.97. The van der Waals surface area contributed by atoms with Crippen LogP contribution in [0.3, 0.4) is 0 Å². The third kappa shape index (κ3) is 3.87. The molecule has 1 aliphatic rings. The molecule has 28 heavy (non-hydrogen) atoms. The van der Waals surface area contributed by atoms with Gasteiger partial charge in [-0.1, -0.05) is 48.5 Å². The van der Waals surface area contributed by atoms with Gasteiger partial charge in [0.05, 0.1) is 6.04 Å². The summed E-state index contributed by atoms with van der Waals surface area (Å²) in [5, 5.41) is 12.4. The first-order valence-electron chi connectivity index (χ1n) is 9.98. The number of hydrogen-bond acceptors (Lipinski definition) is 3. The molecule has 2 atom stereocenters. The fourth-order valence-electron chi connectivity index (χ4n) is 3.72. The molecule has 3 aromatic carbocycles. The number of aryl methyl sites for hydroxylation is 1. The standard InChI is InChI=1S/C24H27N3O/c1-16-10-11-19(26-15-20-12-13-25-20)14-23(16)24(28)27-17(2)21-9-5-7-18-6-3-4-8-22(18)21/h3-11,14,17,20,25-26H,12-13,15H2,1-2H3,(H,27,28)/t17-,20?/m1/s1. The number of carbonyl (C=O) groups is 1. The first-order chi connectivity index (χ1) is 13.6. The number of amides is 1. The van der Waals surface area contributed by atoms with Crippen molar-refractivity contribution in [1.29, 1.82) is 0 Å². The molecule has 1 fully saturated rings. The highest BCUT2D eigenvalue weighted by atomic mass is 16.1. The second-order valence-electron chi connectivity index (χ2n) is 7.61. The van der Waals surface area contributed by atoms with Gasteiger partial charge in [0.2, 0.25) is 0 Å². The Labute approximate surface area is 166 Å². The van der Waals surface area contributed by atoms with E-state index in [1.54, 1.807) is 0 Å². The van der Waals surface area contributed by atoms with Crippen LogP contribution in [-0.4, -0.2) is 25.0 Å². The summed E-state index contributed by atoms with van der Waals surface area (Å²) in [5.41, 5.74) is 3.82. The zero-order valence-electron chi connectivity index (χ0n) is 16.5. The molecular formula is C24H27N3O. The molecule has 1 amide bonds. The Hall–Kier alpha value is -2.85. The average Bonchev–Trinajstić information content (AvgIpc) is 2.67. The summed E-state index contributed by atoms with van der Waals surface area (Å²) < 4.78 is 0. The van der Waals surface area contributed by atoms with Gasteiger partial charge in [-0.05, 0) is 60.8 Å². The highest BCUT2D eigenvalue weighted by Gasteiger charge is 2.17.